The number of rotatable bonds is 4. The Morgan fingerprint density at radius 2 is 1.69 bits per heavy atom. The molecule has 1 aliphatic rings. The largest absolute Gasteiger partial charge is 0.497 e. The molecule has 1 amide bonds. The van der Waals surface area contributed by atoms with Crippen molar-refractivity contribution in [3.63, 3.8) is 0 Å². The number of fused-ring (bicyclic) bond motifs is 1. The average molecular weight is 347 g/mol. The molecular formula is C20H17N3O3. The van der Waals surface area contributed by atoms with Crippen LogP contribution >= 0.6 is 0 Å². The molecule has 2 N–H and O–H groups in total. The second-order valence-electron chi connectivity index (χ2n) is 5.86. The van der Waals surface area contributed by atoms with Gasteiger partial charge in [-0.1, -0.05) is 0 Å². The molecule has 0 saturated carbocycles. The van der Waals surface area contributed by atoms with Gasteiger partial charge in [0.15, 0.2) is 0 Å². The summed E-state index contributed by atoms with van der Waals surface area (Å²) < 4.78 is 10.4. The summed E-state index contributed by atoms with van der Waals surface area (Å²) in [6.07, 6.45) is 1.79. The van der Waals surface area contributed by atoms with Crippen molar-refractivity contribution in [2.45, 2.75) is 0 Å². The molecule has 0 atom stereocenters. The number of hydrogen-bond acceptors (Lipinski definition) is 4. The molecule has 2 aromatic carbocycles. The Balaban J connectivity index is 1.67. The Labute approximate surface area is 150 Å². The number of carbonyl (C=O) groups excluding carboxylic acids is 1. The van der Waals surface area contributed by atoms with Crippen LogP contribution < -0.4 is 14.8 Å². The van der Waals surface area contributed by atoms with Crippen LogP contribution in [0.5, 0.6) is 11.5 Å². The van der Waals surface area contributed by atoms with Crippen molar-refractivity contribution >= 4 is 23.2 Å². The summed E-state index contributed by atoms with van der Waals surface area (Å²) in [6, 6.07) is 15.1. The van der Waals surface area contributed by atoms with Crippen molar-refractivity contribution < 1.29 is 14.3 Å². The summed E-state index contributed by atoms with van der Waals surface area (Å²) >= 11 is 0. The number of methoxy groups -OCH3 is 2. The predicted molar refractivity (Wildman–Crippen MR) is 100 cm³/mol. The average Bonchev–Trinajstić information content (AvgIpc) is 3.26. The maximum absolute atomic E-state index is 12.3. The zero-order chi connectivity index (χ0) is 18.1. The van der Waals surface area contributed by atoms with Gasteiger partial charge >= 0.3 is 0 Å². The van der Waals surface area contributed by atoms with Crippen LogP contribution in [-0.4, -0.2) is 30.3 Å². The van der Waals surface area contributed by atoms with Crippen LogP contribution in [-0.2, 0) is 4.79 Å². The number of aromatic amines is 1. The molecule has 0 fully saturated rings. The molecule has 0 saturated heterocycles. The van der Waals surface area contributed by atoms with Gasteiger partial charge in [0, 0.05) is 16.8 Å². The van der Waals surface area contributed by atoms with E-state index in [1.54, 1.807) is 20.3 Å². The Bertz CT molecular complexity index is 1000. The van der Waals surface area contributed by atoms with E-state index in [-0.39, 0.29) is 5.91 Å². The van der Waals surface area contributed by atoms with Gasteiger partial charge < -0.3 is 14.8 Å². The van der Waals surface area contributed by atoms with E-state index in [4.69, 9.17) is 9.47 Å². The predicted octanol–water partition coefficient (Wildman–Crippen LogP) is 3.59. The normalized spacial score (nSPS) is 14.2. The van der Waals surface area contributed by atoms with E-state index in [2.05, 4.69) is 15.5 Å². The minimum absolute atomic E-state index is 0.145. The molecule has 0 bridgehead atoms. The van der Waals surface area contributed by atoms with Gasteiger partial charge in [0.05, 0.1) is 31.2 Å². The number of anilines is 1. The summed E-state index contributed by atoms with van der Waals surface area (Å²) in [7, 11) is 3.23. The standard InChI is InChI=1S/C20H17N3O3/c1-25-14-5-3-12(4-6-14)19-10-13(22-23-19)9-17-16-11-15(26-2)7-8-18(16)21-20(17)24/h3-11H,1-2H3,(H,21,24)(H,22,23)/b17-9-. The van der Waals surface area contributed by atoms with Crippen molar-refractivity contribution in [3.8, 4) is 22.8 Å². The fourth-order valence-electron chi connectivity index (χ4n) is 2.91. The summed E-state index contributed by atoms with van der Waals surface area (Å²) in [5.74, 6) is 1.35. The summed E-state index contributed by atoms with van der Waals surface area (Å²) in [6.45, 7) is 0. The maximum atomic E-state index is 12.3. The maximum Gasteiger partial charge on any atom is 0.256 e. The monoisotopic (exact) mass is 347 g/mol. The van der Waals surface area contributed by atoms with Gasteiger partial charge in [0.2, 0.25) is 0 Å². The minimum Gasteiger partial charge on any atom is -0.497 e. The molecule has 2 heterocycles. The van der Waals surface area contributed by atoms with Gasteiger partial charge in [-0.25, -0.2) is 0 Å². The van der Waals surface area contributed by atoms with Crippen LogP contribution in [0.1, 0.15) is 11.3 Å². The van der Waals surface area contributed by atoms with E-state index in [1.807, 2.05) is 48.5 Å². The molecule has 0 aliphatic carbocycles. The van der Waals surface area contributed by atoms with Gasteiger partial charge in [0.25, 0.3) is 5.91 Å². The number of hydrogen-bond donors (Lipinski definition) is 2. The number of benzene rings is 2. The lowest BCUT2D eigenvalue weighted by Gasteiger charge is -2.02. The third-order valence-corrected chi connectivity index (χ3v) is 4.29. The summed E-state index contributed by atoms with van der Waals surface area (Å²) in [5.41, 5.74) is 4.67. The van der Waals surface area contributed by atoms with Gasteiger partial charge in [-0.2, -0.15) is 5.10 Å². The molecule has 0 spiro atoms. The molecule has 6 heteroatoms. The third kappa shape index (κ3) is 2.82. The molecule has 6 nitrogen and oxygen atoms in total. The molecular weight excluding hydrogens is 330 g/mol. The quantitative estimate of drug-likeness (QED) is 0.707. The topological polar surface area (TPSA) is 76.2 Å². The number of amides is 1. The van der Waals surface area contributed by atoms with Crippen LogP contribution in [0.3, 0.4) is 0 Å². The van der Waals surface area contributed by atoms with E-state index < -0.39 is 0 Å². The van der Waals surface area contributed by atoms with E-state index in [1.165, 1.54) is 0 Å². The Morgan fingerprint density at radius 1 is 0.962 bits per heavy atom. The molecule has 1 aromatic heterocycles. The first kappa shape index (κ1) is 16.0. The van der Waals surface area contributed by atoms with Crippen LogP contribution in [0.25, 0.3) is 22.9 Å². The Morgan fingerprint density at radius 3 is 2.42 bits per heavy atom. The van der Waals surface area contributed by atoms with E-state index >= 15 is 0 Å². The van der Waals surface area contributed by atoms with Crippen LogP contribution in [0.2, 0.25) is 0 Å². The van der Waals surface area contributed by atoms with E-state index in [9.17, 15) is 4.79 Å². The fourth-order valence-corrected chi connectivity index (χ4v) is 2.91. The molecule has 3 aromatic rings. The number of ether oxygens (including phenoxy) is 2. The molecule has 0 radical (unpaired) electrons. The lowest BCUT2D eigenvalue weighted by molar-refractivity contribution is -0.110. The molecule has 130 valence electrons. The van der Waals surface area contributed by atoms with Crippen LogP contribution in [0.15, 0.2) is 48.5 Å². The first-order valence-electron chi connectivity index (χ1n) is 8.09. The van der Waals surface area contributed by atoms with Crippen molar-refractivity contribution in [2.75, 3.05) is 19.5 Å². The first-order valence-corrected chi connectivity index (χ1v) is 8.09. The second kappa shape index (κ2) is 6.40. The number of nitrogens with zero attached hydrogens (tertiary/aromatic N) is 1. The number of nitrogens with one attached hydrogen (secondary N) is 2. The third-order valence-electron chi connectivity index (χ3n) is 4.29. The van der Waals surface area contributed by atoms with Gasteiger partial charge in [0.1, 0.15) is 11.5 Å². The minimum atomic E-state index is -0.145. The Kier molecular flexibility index (Phi) is 3.93. The van der Waals surface area contributed by atoms with Gasteiger partial charge in [-0.3, -0.25) is 9.89 Å². The van der Waals surface area contributed by atoms with Crippen LogP contribution in [0.4, 0.5) is 5.69 Å². The summed E-state index contributed by atoms with van der Waals surface area (Å²) in [5, 5.41) is 10.2. The highest BCUT2D eigenvalue weighted by atomic mass is 16.5. The highest BCUT2D eigenvalue weighted by molar-refractivity contribution is 6.34. The van der Waals surface area contributed by atoms with Crippen molar-refractivity contribution in [3.05, 3.63) is 59.8 Å². The van der Waals surface area contributed by atoms with Crippen molar-refractivity contribution in [1.29, 1.82) is 0 Å². The number of carbonyl (C=O) groups is 1. The first-order chi connectivity index (χ1) is 12.7. The van der Waals surface area contributed by atoms with Crippen molar-refractivity contribution in [1.82, 2.24) is 10.2 Å². The smallest absolute Gasteiger partial charge is 0.256 e. The zero-order valence-corrected chi connectivity index (χ0v) is 14.4. The van der Waals surface area contributed by atoms with Gasteiger partial charge in [-0.15, -0.1) is 0 Å². The molecule has 4 rings (SSSR count). The zero-order valence-electron chi connectivity index (χ0n) is 14.4. The number of aromatic nitrogens is 2. The lowest BCUT2D eigenvalue weighted by atomic mass is 10.1. The van der Waals surface area contributed by atoms with Crippen LogP contribution in [0, 0.1) is 0 Å². The summed E-state index contributed by atoms with van der Waals surface area (Å²) in [4.78, 5) is 12.3. The second-order valence-corrected chi connectivity index (χ2v) is 5.86. The Hall–Kier alpha value is -3.54. The van der Waals surface area contributed by atoms with Gasteiger partial charge in [-0.05, 0) is 54.6 Å². The highest BCUT2D eigenvalue weighted by Crippen LogP contribution is 2.35. The lowest BCUT2D eigenvalue weighted by Crippen LogP contribution is -2.03. The SMILES string of the molecule is COc1ccc(-c2cc(/C=C3\C(=O)Nc4ccc(OC)cc43)[nH]n2)cc1. The molecule has 26 heavy (non-hydrogen) atoms. The fraction of sp³-hybridized carbons (Fsp3) is 0.100. The van der Waals surface area contributed by atoms with E-state index in [0.717, 1.165) is 34.0 Å². The highest BCUT2D eigenvalue weighted by Gasteiger charge is 2.24. The van der Waals surface area contributed by atoms with E-state index in [0.29, 0.717) is 11.3 Å². The molecule has 1 aliphatic heterocycles. The number of H-pyrrole nitrogens is 1. The van der Waals surface area contributed by atoms with Crippen molar-refractivity contribution in [2.24, 2.45) is 0 Å². The molecule has 0 unspecified atom stereocenters.